The van der Waals surface area contributed by atoms with E-state index in [4.69, 9.17) is 34.8 Å². The maximum atomic E-state index is 13.7. The maximum Gasteiger partial charge on any atom is 0.130 e. The Morgan fingerprint density at radius 1 is 0.944 bits per heavy atom. The van der Waals surface area contributed by atoms with E-state index in [9.17, 15) is 9.50 Å². The first-order valence-electron chi connectivity index (χ1n) is 5.08. The summed E-state index contributed by atoms with van der Waals surface area (Å²) in [7, 11) is 0. The molecule has 2 rings (SSSR count). The lowest BCUT2D eigenvalue weighted by atomic mass is 10.0. The molecule has 0 heterocycles. The Bertz CT molecular complexity index is 566. The van der Waals surface area contributed by atoms with Crippen molar-refractivity contribution in [1.82, 2.24) is 0 Å². The Kier molecular flexibility index (Phi) is 4.13. The van der Waals surface area contributed by atoms with Crippen LogP contribution in [0.5, 0.6) is 0 Å². The Balaban J connectivity index is 2.55. The smallest absolute Gasteiger partial charge is 0.130 e. The van der Waals surface area contributed by atoms with Gasteiger partial charge in [0.2, 0.25) is 0 Å². The number of hydrogen-bond acceptors (Lipinski definition) is 1. The predicted octanol–water partition coefficient (Wildman–Crippen LogP) is 4.87. The van der Waals surface area contributed by atoms with E-state index in [-0.39, 0.29) is 15.6 Å². The minimum Gasteiger partial charge on any atom is -0.383 e. The minimum absolute atomic E-state index is 0.0108. The van der Waals surface area contributed by atoms with E-state index in [1.807, 2.05) is 0 Å². The lowest BCUT2D eigenvalue weighted by Crippen LogP contribution is -2.04. The van der Waals surface area contributed by atoms with Crippen LogP contribution in [0.2, 0.25) is 15.1 Å². The van der Waals surface area contributed by atoms with Crippen LogP contribution in [-0.4, -0.2) is 5.11 Å². The van der Waals surface area contributed by atoms with Gasteiger partial charge in [0.15, 0.2) is 0 Å². The Hall–Kier alpha value is -0.800. The first-order chi connectivity index (χ1) is 8.52. The second-order valence-electron chi connectivity index (χ2n) is 3.68. The third-order valence-electron chi connectivity index (χ3n) is 2.55. The number of hydrogen-bond donors (Lipinski definition) is 1. The number of benzene rings is 2. The monoisotopic (exact) mass is 304 g/mol. The zero-order valence-corrected chi connectivity index (χ0v) is 11.3. The van der Waals surface area contributed by atoms with Gasteiger partial charge >= 0.3 is 0 Å². The fraction of sp³-hybridized carbons (Fsp3) is 0.0769. The van der Waals surface area contributed by atoms with Gasteiger partial charge in [-0.25, -0.2) is 4.39 Å². The van der Waals surface area contributed by atoms with E-state index in [2.05, 4.69) is 0 Å². The maximum absolute atomic E-state index is 13.7. The average molecular weight is 306 g/mol. The zero-order valence-electron chi connectivity index (χ0n) is 9.00. The molecule has 0 fully saturated rings. The van der Waals surface area contributed by atoms with Crippen LogP contribution in [0.15, 0.2) is 36.4 Å². The van der Waals surface area contributed by atoms with Crippen LogP contribution >= 0.6 is 34.8 Å². The second kappa shape index (κ2) is 5.45. The molecule has 0 spiro atoms. The van der Waals surface area contributed by atoms with Gasteiger partial charge < -0.3 is 5.11 Å². The molecular formula is C13H8Cl3FO. The van der Waals surface area contributed by atoms with Crippen LogP contribution in [-0.2, 0) is 0 Å². The van der Waals surface area contributed by atoms with E-state index in [0.717, 1.165) is 0 Å². The van der Waals surface area contributed by atoms with Crippen LogP contribution in [0.1, 0.15) is 17.2 Å². The second-order valence-corrected chi connectivity index (χ2v) is 4.87. The van der Waals surface area contributed by atoms with Gasteiger partial charge in [-0.1, -0.05) is 53.0 Å². The van der Waals surface area contributed by atoms with Crippen LogP contribution in [0, 0.1) is 5.82 Å². The number of halogens is 4. The normalized spacial score (nSPS) is 12.5. The number of aliphatic hydroxyl groups excluding tert-OH is 1. The molecule has 18 heavy (non-hydrogen) atoms. The summed E-state index contributed by atoms with van der Waals surface area (Å²) >= 11 is 17.7. The Labute approximate surface area is 119 Å². The average Bonchev–Trinajstić information content (AvgIpc) is 2.32. The molecule has 2 aromatic rings. The van der Waals surface area contributed by atoms with E-state index >= 15 is 0 Å². The molecule has 0 aliphatic heterocycles. The van der Waals surface area contributed by atoms with Gasteiger partial charge in [-0.3, -0.25) is 0 Å². The van der Waals surface area contributed by atoms with Crippen molar-refractivity contribution in [1.29, 1.82) is 0 Å². The van der Waals surface area contributed by atoms with Crippen molar-refractivity contribution in [3.63, 3.8) is 0 Å². The van der Waals surface area contributed by atoms with Crippen molar-refractivity contribution in [2.75, 3.05) is 0 Å². The summed E-state index contributed by atoms with van der Waals surface area (Å²) in [6.07, 6.45) is -1.26. The molecule has 0 saturated carbocycles. The molecule has 1 atom stereocenters. The highest BCUT2D eigenvalue weighted by Gasteiger charge is 2.21. The number of aliphatic hydroxyl groups is 1. The first kappa shape index (κ1) is 13.6. The summed E-state index contributed by atoms with van der Waals surface area (Å²) in [5.41, 5.74) is 0.305. The molecule has 0 saturated heterocycles. The van der Waals surface area contributed by atoms with Crippen molar-refractivity contribution >= 4 is 34.8 Å². The van der Waals surface area contributed by atoms with Gasteiger partial charge in [0.05, 0.1) is 10.0 Å². The highest BCUT2D eigenvalue weighted by atomic mass is 35.5. The third kappa shape index (κ3) is 2.47. The third-order valence-corrected chi connectivity index (χ3v) is 3.71. The molecule has 0 aromatic heterocycles. The van der Waals surface area contributed by atoms with Crippen molar-refractivity contribution < 1.29 is 9.50 Å². The highest BCUT2D eigenvalue weighted by molar-refractivity contribution is 6.42. The fourth-order valence-corrected chi connectivity index (χ4v) is 2.34. The van der Waals surface area contributed by atoms with Crippen molar-refractivity contribution in [2.24, 2.45) is 0 Å². The molecule has 1 nitrogen and oxygen atoms in total. The number of rotatable bonds is 2. The zero-order chi connectivity index (χ0) is 13.3. The van der Waals surface area contributed by atoms with Gasteiger partial charge in [-0.2, -0.15) is 0 Å². The summed E-state index contributed by atoms with van der Waals surface area (Å²) in [5, 5.41) is 10.8. The van der Waals surface area contributed by atoms with Crippen LogP contribution < -0.4 is 0 Å². The SMILES string of the molecule is OC(c1cccc(Cl)c1Cl)c1c(F)cccc1Cl. The van der Waals surface area contributed by atoms with Gasteiger partial charge in [0.25, 0.3) is 0 Å². The van der Waals surface area contributed by atoms with Crippen molar-refractivity contribution in [2.45, 2.75) is 6.10 Å². The molecule has 94 valence electrons. The summed E-state index contributed by atoms with van der Waals surface area (Å²) in [6.45, 7) is 0. The summed E-state index contributed by atoms with van der Waals surface area (Å²) < 4.78 is 13.7. The van der Waals surface area contributed by atoms with E-state index < -0.39 is 11.9 Å². The van der Waals surface area contributed by atoms with E-state index in [1.54, 1.807) is 18.2 Å². The van der Waals surface area contributed by atoms with Gasteiger partial charge in [0.1, 0.15) is 11.9 Å². The molecule has 0 radical (unpaired) electrons. The molecule has 0 aliphatic rings. The molecule has 1 unspecified atom stereocenters. The molecule has 0 aliphatic carbocycles. The molecular weight excluding hydrogens is 297 g/mol. The molecule has 2 aromatic carbocycles. The largest absolute Gasteiger partial charge is 0.383 e. The highest BCUT2D eigenvalue weighted by Crippen LogP contribution is 2.36. The fourth-order valence-electron chi connectivity index (χ4n) is 1.66. The van der Waals surface area contributed by atoms with Gasteiger partial charge in [-0.05, 0) is 18.2 Å². The first-order valence-corrected chi connectivity index (χ1v) is 6.21. The van der Waals surface area contributed by atoms with Crippen LogP contribution in [0.25, 0.3) is 0 Å². The van der Waals surface area contributed by atoms with E-state index in [1.165, 1.54) is 18.2 Å². The van der Waals surface area contributed by atoms with Crippen LogP contribution in [0.3, 0.4) is 0 Å². The van der Waals surface area contributed by atoms with E-state index in [0.29, 0.717) is 10.6 Å². The lowest BCUT2D eigenvalue weighted by molar-refractivity contribution is 0.215. The minimum atomic E-state index is -1.26. The Morgan fingerprint density at radius 3 is 2.22 bits per heavy atom. The topological polar surface area (TPSA) is 20.2 Å². The van der Waals surface area contributed by atoms with Crippen molar-refractivity contribution in [3.05, 3.63) is 68.4 Å². The standard InChI is InChI=1S/C13H8Cl3FO/c14-8-4-2-6-10(17)11(8)13(18)7-3-1-5-9(15)12(7)16/h1-6,13,18H. The predicted molar refractivity (Wildman–Crippen MR) is 71.9 cm³/mol. The molecule has 0 amide bonds. The summed E-state index contributed by atoms with van der Waals surface area (Å²) in [5.74, 6) is -0.592. The van der Waals surface area contributed by atoms with Crippen LogP contribution in [0.4, 0.5) is 4.39 Å². The lowest BCUT2D eigenvalue weighted by Gasteiger charge is -2.15. The molecule has 5 heteroatoms. The summed E-state index contributed by atoms with van der Waals surface area (Å²) in [4.78, 5) is 0. The quantitative estimate of drug-likeness (QED) is 0.839. The Morgan fingerprint density at radius 2 is 1.56 bits per heavy atom. The summed E-state index contributed by atoms with van der Waals surface area (Å²) in [6, 6.07) is 8.98. The van der Waals surface area contributed by atoms with Gasteiger partial charge in [-0.15, -0.1) is 0 Å². The van der Waals surface area contributed by atoms with Crippen molar-refractivity contribution in [3.8, 4) is 0 Å². The van der Waals surface area contributed by atoms with Gasteiger partial charge in [0, 0.05) is 16.1 Å². The molecule has 0 bridgehead atoms. The molecule has 1 N–H and O–H groups in total.